The molecule has 0 aliphatic heterocycles. The Morgan fingerprint density at radius 2 is 2.55 bits per heavy atom. The first-order chi connectivity index (χ1) is 5.36. The van der Waals surface area contributed by atoms with Crippen molar-refractivity contribution in [2.24, 2.45) is 0 Å². The first-order valence-corrected chi connectivity index (χ1v) is 5.00. The molecule has 0 saturated carbocycles. The van der Waals surface area contributed by atoms with E-state index in [0.29, 0.717) is 5.01 Å². The van der Waals surface area contributed by atoms with Crippen molar-refractivity contribution in [2.45, 2.75) is 0 Å². The molecule has 0 aromatic carbocycles. The maximum atomic E-state index is 10.2. The van der Waals surface area contributed by atoms with Crippen LogP contribution in [0.5, 0.6) is 0 Å². The molecule has 11 heavy (non-hydrogen) atoms. The van der Waals surface area contributed by atoms with E-state index >= 15 is 0 Å². The van der Waals surface area contributed by atoms with Crippen LogP contribution in [0, 0.1) is 0 Å². The molecule has 4 heteroatoms. The van der Waals surface area contributed by atoms with Crippen molar-refractivity contribution in [3.8, 4) is 0 Å². The molecule has 0 amide bonds. The summed E-state index contributed by atoms with van der Waals surface area (Å²) in [6, 6.07) is 0. The molecule has 0 unspecified atom stereocenters. The van der Waals surface area contributed by atoms with E-state index in [-0.39, 0.29) is 0 Å². The maximum absolute atomic E-state index is 10.2. The number of aldehydes is 1. The van der Waals surface area contributed by atoms with Crippen LogP contribution in [0.3, 0.4) is 0 Å². The molecule has 1 aromatic heterocycles. The summed E-state index contributed by atoms with van der Waals surface area (Å²) in [6.45, 7) is 0. The predicted molar refractivity (Wildman–Crippen MR) is 50.3 cm³/mol. The van der Waals surface area contributed by atoms with Crippen LogP contribution >= 0.6 is 27.3 Å². The molecule has 0 atom stereocenters. The number of carbonyl (C=O) groups is 1. The van der Waals surface area contributed by atoms with Crippen LogP contribution in [0.4, 0.5) is 0 Å². The van der Waals surface area contributed by atoms with Gasteiger partial charge in [0.25, 0.3) is 0 Å². The van der Waals surface area contributed by atoms with Crippen molar-refractivity contribution in [1.29, 1.82) is 0 Å². The molecular weight excluding hydrogens is 226 g/mol. The third-order valence-corrected chi connectivity index (χ3v) is 2.18. The normalized spacial score (nSPS) is 10.6. The number of carbonyl (C=O) groups excluding carboxylic acids is 1. The second-order valence-electron chi connectivity index (χ2n) is 1.79. The highest BCUT2D eigenvalue weighted by molar-refractivity contribution is 9.09. The van der Waals surface area contributed by atoms with Gasteiger partial charge in [-0.15, -0.1) is 11.3 Å². The molecule has 58 valence electrons. The molecule has 2 nitrogen and oxygen atoms in total. The molecule has 0 aliphatic carbocycles. The van der Waals surface area contributed by atoms with Gasteiger partial charge in [0.15, 0.2) is 11.3 Å². The fourth-order valence-corrected chi connectivity index (χ4v) is 1.37. The highest BCUT2D eigenvalue weighted by Gasteiger charge is 1.94. The average Bonchev–Trinajstić information content (AvgIpc) is 2.48. The van der Waals surface area contributed by atoms with Crippen molar-refractivity contribution in [2.75, 3.05) is 5.33 Å². The molecule has 1 rings (SSSR count). The van der Waals surface area contributed by atoms with Crippen molar-refractivity contribution < 1.29 is 4.79 Å². The molecule has 1 aromatic rings. The summed E-state index contributed by atoms with van der Waals surface area (Å²) in [6.07, 6.45) is 4.57. The quantitative estimate of drug-likeness (QED) is 0.591. The lowest BCUT2D eigenvalue weighted by atomic mass is 10.4. The molecule has 0 N–H and O–H groups in total. The lowest BCUT2D eigenvalue weighted by molar-refractivity contribution is 0.112. The lowest BCUT2D eigenvalue weighted by Crippen LogP contribution is -1.76. The number of nitrogens with zero attached hydrogens (tertiary/aromatic N) is 1. The minimum absolute atomic E-state index is 0.527. The molecule has 1 heterocycles. The Balaban J connectivity index is 2.72. The minimum Gasteiger partial charge on any atom is -0.295 e. The number of halogens is 1. The summed E-state index contributed by atoms with van der Waals surface area (Å²) in [5.74, 6) is 0. The zero-order valence-corrected chi connectivity index (χ0v) is 8.06. The minimum atomic E-state index is 0.527. The second kappa shape index (κ2) is 4.41. The molecular formula is C7H6BrNOS. The third-order valence-electron chi connectivity index (χ3n) is 1.02. The highest BCUT2D eigenvalue weighted by atomic mass is 79.9. The number of allylic oxidation sites excluding steroid dienone is 1. The molecule has 0 aliphatic rings. The predicted octanol–water partition coefficient (Wildman–Crippen LogP) is 2.36. The monoisotopic (exact) mass is 231 g/mol. The smallest absolute Gasteiger partial charge is 0.178 e. The fraction of sp³-hybridized carbons (Fsp3) is 0.143. The summed E-state index contributed by atoms with van der Waals surface area (Å²) in [7, 11) is 0. The van der Waals surface area contributed by atoms with Gasteiger partial charge < -0.3 is 0 Å². The summed E-state index contributed by atoms with van der Waals surface area (Å²) in [5.41, 5.74) is 0.844. The maximum Gasteiger partial charge on any atom is 0.178 e. The van der Waals surface area contributed by atoms with Crippen LogP contribution in [-0.4, -0.2) is 16.6 Å². The van der Waals surface area contributed by atoms with Gasteiger partial charge in [-0.2, -0.15) is 0 Å². The largest absolute Gasteiger partial charge is 0.295 e. The van der Waals surface area contributed by atoms with E-state index in [9.17, 15) is 4.79 Å². The van der Waals surface area contributed by atoms with Gasteiger partial charge in [-0.3, -0.25) is 4.79 Å². The Kier molecular flexibility index (Phi) is 3.45. The van der Waals surface area contributed by atoms with Crippen LogP contribution in [0.25, 0.3) is 6.08 Å². The summed E-state index contributed by atoms with van der Waals surface area (Å²) in [5, 5.41) is 3.18. The molecule has 0 saturated heterocycles. The second-order valence-corrected chi connectivity index (χ2v) is 3.32. The number of rotatable bonds is 3. The van der Waals surface area contributed by atoms with Crippen molar-refractivity contribution >= 4 is 39.6 Å². The lowest BCUT2D eigenvalue weighted by Gasteiger charge is -1.78. The van der Waals surface area contributed by atoms with Crippen molar-refractivity contribution in [3.63, 3.8) is 0 Å². The Hall–Kier alpha value is -0.480. The Labute approximate surface area is 77.1 Å². The van der Waals surface area contributed by atoms with Crippen LogP contribution in [0.2, 0.25) is 0 Å². The van der Waals surface area contributed by atoms with Gasteiger partial charge in [0.2, 0.25) is 0 Å². The number of hydrogen-bond donors (Lipinski definition) is 0. The summed E-state index contributed by atoms with van der Waals surface area (Å²) in [4.78, 5) is 14.2. The molecule has 0 fully saturated rings. The van der Waals surface area contributed by atoms with Crippen molar-refractivity contribution in [3.05, 3.63) is 22.2 Å². The van der Waals surface area contributed by atoms with Crippen LogP contribution in [0.15, 0.2) is 11.5 Å². The summed E-state index contributed by atoms with van der Waals surface area (Å²) >= 11 is 4.60. The standard InChI is InChI=1S/C7H6BrNOS/c8-3-1-2-6-5-11-7(4-10)9-6/h1-2,4-5H,3H2. The van der Waals surface area contributed by atoms with Gasteiger partial charge in [0.05, 0.1) is 5.69 Å². The SMILES string of the molecule is O=Cc1nc(C=CCBr)cs1. The molecule has 0 spiro atoms. The van der Waals surface area contributed by atoms with Crippen LogP contribution in [0.1, 0.15) is 15.5 Å². The van der Waals surface area contributed by atoms with Gasteiger partial charge in [-0.05, 0) is 6.08 Å². The van der Waals surface area contributed by atoms with E-state index in [1.54, 1.807) is 0 Å². The van der Waals surface area contributed by atoms with Gasteiger partial charge in [-0.1, -0.05) is 22.0 Å². The van der Waals surface area contributed by atoms with Gasteiger partial charge >= 0.3 is 0 Å². The first kappa shape index (κ1) is 8.62. The molecule has 0 bridgehead atoms. The zero-order valence-electron chi connectivity index (χ0n) is 5.66. The highest BCUT2D eigenvalue weighted by Crippen LogP contribution is 2.08. The van der Waals surface area contributed by atoms with Gasteiger partial charge in [0, 0.05) is 10.7 Å². The van der Waals surface area contributed by atoms with E-state index in [1.807, 2.05) is 17.5 Å². The van der Waals surface area contributed by atoms with Gasteiger partial charge in [-0.25, -0.2) is 4.98 Å². The Bertz CT molecular complexity index is 269. The van der Waals surface area contributed by atoms with Crippen LogP contribution in [-0.2, 0) is 0 Å². The fourth-order valence-electron chi connectivity index (χ4n) is 0.597. The first-order valence-electron chi connectivity index (χ1n) is 3.00. The Morgan fingerprint density at radius 1 is 1.73 bits per heavy atom. The van der Waals surface area contributed by atoms with E-state index in [1.165, 1.54) is 11.3 Å². The topological polar surface area (TPSA) is 30.0 Å². The van der Waals surface area contributed by atoms with Crippen LogP contribution < -0.4 is 0 Å². The molecule has 0 radical (unpaired) electrons. The number of alkyl halides is 1. The number of thiazole rings is 1. The third kappa shape index (κ3) is 2.55. The van der Waals surface area contributed by atoms with E-state index in [0.717, 1.165) is 17.3 Å². The van der Waals surface area contributed by atoms with E-state index in [4.69, 9.17) is 0 Å². The Morgan fingerprint density at radius 3 is 3.09 bits per heavy atom. The van der Waals surface area contributed by atoms with Crippen molar-refractivity contribution in [1.82, 2.24) is 4.98 Å². The zero-order chi connectivity index (χ0) is 8.10. The average molecular weight is 232 g/mol. The van der Waals surface area contributed by atoms with E-state index in [2.05, 4.69) is 20.9 Å². The number of aromatic nitrogens is 1. The summed E-state index contributed by atoms with van der Waals surface area (Å²) < 4.78 is 0. The van der Waals surface area contributed by atoms with E-state index < -0.39 is 0 Å². The van der Waals surface area contributed by atoms with Gasteiger partial charge in [0.1, 0.15) is 0 Å². The number of hydrogen-bond acceptors (Lipinski definition) is 3.